The maximum atomic E-state index is 11.1. The Morgan fingerprint density at radius 2 is 2.13 bits per heavy atom. The summed E-state index contributed by atoms with van der Waals surface area (Å²) < 4.78 is 11.1. The van der Waals surface area contributed by atoms with E-state index in [1.807, 2.05) is 6.92 Å². The first kappa shape index (κ1) is 13.1. The van der Waals surface area contributed by atoms with Gasteiger partial charge in [-0.25, -0.2) is 0 Å². The third-order valence-electron chi connectivity index (χ3n) is 3.25. The molecule has 0 heterocycles. The summed E-state index contributed by atoms with van der Waals surface area (Å²) in [4.78, 5) is 0. The van der Waals surface area contributed by atoms with Crippen molar-refractivity contribution in [1.82, 2.24) is 5.32 Å². The summed E-state index contributed by atoms with van der Waals surface area (Å²) in [6.07, 6.45) is 6.85. The molecule has 3 nitrogen and oxygen atoms in total. The van der Waals surface area contributed by atoms with Gasteiger partial charge in [-0.2, -0.15) is 0 Å². The zero-order chi connectivity index (χ0) is 11.3. The second-order valence-electron chi connectivity index (χ2n) is 4.51. The van der Waals surface area contributed by atoms with E-state index in [0.29, 0.717) is 0 Å². The standard InChI is InChI=1S/C11H23NO2S/c1-9(15(2)14)7-8-12-10-5-3-4-6-11(10)13/h9-13H,3-8H2,1-2H3/t9?,10-,11-,15?/m1/s1. The zero-order valence-corrected chi connectivity index (χ0v) is 10.6. The highest BCUT2D eigenvalue weighted by Gasteiger charge is 2.22. The molecular formula is C11H23NO2S. The Labute approximate surface area is 95.1 Å². The van der Waals surface area contributed by atoms with Crippen LogP contribution in [0.4, 0.5) is 0 Å². The van der Waals surface area contributed by atoms with Crippen molar-refractivity contribution < 1.29 is 9.32 Å². The molecule has 4 atom stereocenters. The Kier molecular flexibility index (Phi) is 5.79. The predicted molar refractivity (Wildman–Crippen MR) is 64.4 cm³/mol. The summed E-state index contributed by atoms with van der Waals surface area (Å²) in [5, 5.41) is 13.3. The molecule has 0 amide bonds. The molecule has 0 spiro atoms. The van der Waals surface area contributed by atoms with Crippen LogP contribution in [0.5, 0.6) is 0 Å². The van der Waals surface area contributed by atoms with Gasteiger partial charge in [-0.3, -0.25) is 4.21 Å². The van der Waals surface area contributed by atoms with Gasteiger partial charge < -0.3 is 10.4 Å². The first-order valence-corrected chi connectivity index (χ1v) is 7.47. The predicted octanol–water partition coefficient (Wildman–Crippen LogP) is 1.04. The molecule has 0 bridgehead atoms. The van der Waals surface area contributed by atoms with Gasteiger partial charge in [0.25, 0.3) is 0 Å². The van der Waals surface area contributed by atoms with E-state index < -0.39 is 10.8 Å². The topological polar surface area (TPSA) is 49.3 Å². The average Bonchev–Trinajstić information content (AvgIpc) is 2.20. The van der Waals surface area contributed by atoms with E-state index in [2.05, 4.69) is 5.32 Å². The van der Waals surface area contributed by atoms with Crippen LogP contribution < -0.4 is 5.32 Å². The fourth-order valence-electron chi connectivity index (χ4n) is 1.99. The van der Waals surface area contributed by atoms with Crippen LogP contribution in [0.25, 0.3) is 0 Å². The monoisotopic (exact) mass is 233 g/mol. The van der Waals surface area contributed by atoms with Crippen LogP contribution in [0.2, 0.25) is 0 Å². The van der Waals surface area contributed by atoms with Crippen molar-refractivity contribution in [1.29, 1.82) is 0 Å². The second-order valence-corrected chi connectivity index (χ2v) is 6.31. The van der Waals surface area contributed by atoms with Gasteiger partial charge in [0.2, 0.25) is 0 Å². The molecule has 4 heteroatoms. The molecule has 0 radical (unpaired) electrons. The Balaban J connectivity index is 2.16. The summed E-state index contributed by atoms with van der Waals surface area (Å²) in [6, 6.07) is 0.260. The summed E-state index contributed by atoms with van der Waals surface area (Å²) in [5.41, 5.74) is 0. The minimum atomic E-state index is -0.728. The molecular weight excluding hydrogens is 210 g/mol. The summed E-state index contributed by atoms with van der Waals surface area (Å²) in [5.74, 6) is 0. The summed E-state index contributed by atoms with van der Waals surface area (Å²) in [6.45, 7) is 2.87. The highest BCUT2D eigenvalue weighted by Crippen LogP contribution is 2.18. The lowest BCUT2D eigenvalue weighted by Gasteiger charge is -2.28. The van der Waals surface area contributed by atoms with E-state index in [-0.39, 0.29) is 17.4 Å². The van der Waals surface area contributed by atoms with Crippen LogP contribution in [0.3, 0.4) is 0 Å². The van der Waals surface area contributed by atoms with Crippen molar-refractivity contribution in [2.24, 2.45) is 0 Å². The molecule has 0 aliphatic heterocycles. The number of hydrogen-bond donors (Lipinski definition) is 2. The molecule has 15 heavy (non-hydrogen) atoms. The highest BCUT2D eigenvalue weighted by atomic mass is 32.2. The molecule has 2 N–H and O–H groups in total. The fraction of sp³-hybridized carbons (Fsp3) is 1.00. The van der Waals surface area contributed by atoms with Crippen LogP contribution >= 0.6 is 0 Å². The van der Waals surface area contributed by atoms with E-state index in [4.69, 9.17) is 0 Å². The number of aliphatic hydroxyl groups is 1. The normalized spacial score (nSPS) is 31.1. The molecule has 90 valence electrons. The van der Waals surface area contributed by atoms with E-state index >= 15 is 0 Å². The minimum absolute atomic E-state index is 0.179. The van der Waals surface area contributed by atoms with Crippen molar-refractivity contribution >= 4 is 10.8 Å². The number of nitrogens with one attached hydrogen (secondary N) is 1. The average molecular weight is 233 g/mol. The van der Waals surface area contributed by atoms with Crippen LogP contribution in [0, 0.1) is 0 Å². The van der Waals surface area contributed by atoms with Crippen molar-refractivity contribution in [3.8, 4) is 0 Å². The Hall–Kier alpha value is 0.0700. The van der Waals surface area contributed by atoms with Gasteiger partial charge in [0.05, 0.1) is 6.10 Å². The highest BCUT2D eigenvalue weighted by molar-refractivity contribution is 7.84. The third-order valence-corrected chi connectivity index (χ3v) is 4.62. The second kappa shape index (κ2) is 6.61. The van der Waals surface area contributed by atoms with Crippen molar-refractivity contribution in [2.45, 2.75) is 56.4 Å². The maximum absolute atomic E-state index is 11.1. The summed E-state index contributed by atoms with van der Waals surface area (Å²) >= 11 is 0. The number of aliphatic hydroxyl groups excluding tert-OH is 1. The molecule has 1 aliphatic rings. The van der Waals surface area contributed by atoms with Gasteiger partial charge >= 0.3 is 0 Å². The largest absolute Gasteiger partial charge is 0.392 e. The van der Waals surface area contributed by atoms with Crippen molar-refractivity contribution in [3.05, 3.63) is 0 Å². The van der Waals surface area contributed by atoms with Gasteiger partial charge in [-0.05, 0) is 25.8 Å². The molecule has 0 aromatic heterocycles. The van der Waals surface area contributed by atoms with Crippen LogP contribution in [0.15, 0.2) is 0 Å². The van der Waals surface area contributed by atoms with Crippen molar-refractivity contribution in [2.75, 3.05) is 12.8 Å². The van der Waals surface area contributed by atoms with E-state index in [9.17, 15) is 9.32 Å². The van der Waals surface area contributed by atoms with Crippen LogP contribution in [-0.2, 0) is 10.8 Å². The van der Waals surface area contributed by atoms with Gasteiger partial charge in [0.1, 0.15) is 0 Å². The summed E-state index contributed by atoms with van der Waals surface area (Å²) in [7, 11) is -0.728. The first-order valence-electron chi connectivity index (χ1n) is 5.85. The molecule has 2 unspecified atom stereocenters. The minimum Gasteiger partial charge on any atom is -0.392 e. The van der Waals surface area contributed by atoms with E-state index in [0.717, 1.165) is 32.2 Å². The lowest BCUT2D eigenvalue weighted by atomic mass is 9.92. The van der Waals surface area contributed by atoms with Gasteiger partial charge in [-0.15, -0.1) is 0 Å². The van der Waals surface area contributed by atoms with E-state index in [1.54, 1.807) is 6.26 Å². The Morgan fingerprint density at radius 3 is 2.73 bits per heavy atom. The Morgan fingerprint density at radius 1 is 1.47 bits per heavy atom. The zero-order valence-electron chi connectivity index (χ0n) is 9.74. The molecule has 1 fully saturated rings. The number of hydrogen-bond acceptors (Lipinski definition) is 3. The molecule has 0 aromatic rings. The lowest BCUT2D eigenvalue weighted by Crippen LogP contribution is -2.43. The lowest BCUT2D eigenvalue weighted by molar-refractivity contribution is 0.0911. The molecule has 1 aliphatic carbocycles. The first-order chi connectivity index (χ1) is 7.11. The molecule has 0 saturated heterocycles. The smallest absolute Gasteiger partial charge is 0.0693 e. The van der Waals surface area contributed by atoms with Crippen molar-refractivity contribution in [3.63, 3.8) is 0 Å². The Bertz CT molecular complexity index is 211. The van der Waals surface area contributed by atoms with E-state index in [1.165, 1.54) is 6.42 Å². The quantitative estimate of drug-likeness (QED) is 0.746. The maximum Gasteiger partial charge on any atom is 0.0693 e. The third kappa shape index (κ3) is 4.62. The fourth-order valence-corrected chi connectivity index (χ4v) is 2.44. The molecule has 0 aromatic carbocycles. The SMILES string of the molecule is CC(CCN[C@@H]1CCCC[C@H]1O)S(C)=O. The van der Waals surface area contributed by atoms with Gasteiger partial charge in [0, 0.05) is 28.3 Å². The molecule has 1 saturated carbocycles. The van der Waals surface area contributed by atoms with Gasteiger partial charge in [0.15, 0.2) is 0 Å². The van der Waals surface area contributed by atoms with Crippen LogP contribution in [0.1, 0.15) is 39.0 Å². The molecule has 1 rings (SSSR count). The number of rotatable bonds is 5. The van der Waals surface area contributed by atoms with Gasteiger partial charge in [-0.1, -0.05) is 19.8 Å². The van der Waals surface area contributed by atoms with Crippen LogP contribution in [-0.4, -0.2) is 39.5 Å².